The van der Waals surface area contributed by atoms with Crippen LogP contribution in [0, 0.1) is 12.8 Å². The van der Waals surface area contributed by atoms with Gasteiger partial charge in [0.2, 0.25) is 5.91 Å². The van der Waals surface area contributed by atoms with Crippen molar-refractivity contribution >= 4 is 33.4 Å². The molecule has 0 spiro atoms. The van der Waals surface area contributed by atoms with E-state index in [9.17, 15) is 4.79 Å². The van der Waals surface area contributed by atoms with E-state index in [-0.39, 0.29) is 11.8 Å². The normalized spacial score (nSPS) is 17.1. The topological polar surface area (TPSA) is 37.3 Å². The van der Waals surface area contributed by atoms with Gasteiger partial charge in [0.1, 0.15) is 0 Å². The van der Waals surface area contributed by atoms with E-state index in [0.717, 1.165) is 44.7 Å². The minimum atomic E-state index is 0.0295. The van der Waals surface area contributed by atoms with Crippen molar-refractivity contribution in [3.63, 3.8) is 0 Å². The average molecular weight is 426 g/mol. The lowest BCUT2D eigenvalue weighted by atomic mass is 9.96. The zero-order valence-corrected chi connectivity index (χ0v) is 19.0. The number of hydrogen-bond acceptors (Lipinski definition) is 2. The molecule has 1 aliphatic heterocycles. The second-order valence-corrected chi connectivity index (χ2v) is 9.04. The third kappa shape index (κ3) is 4.03. The van der Waals surface area contributed by atoms with Gasteiger partial charge >= 0.3 is 0 Å². The Hall–Kier alpha value is -3.11. The number of aromatic nitrogens is 1. The van der Waals surface area contributed by atoms with E-state index in [1.807, 2.05) is 6.07 Å². The highest BCUT2D eigenvalue weighted by molar-refractivity contribution is 6.09. The molecule has 1 amide bonds. The summed E-state index contributed by atoms with van der Waals surface area (Å²) in [6.07, 6.45) is 2.01. The summed E-state index contributed by atoms with van der Waals surface area (Å²) >= 11 is 0. The first-order valence-electron chi connectivity index (χ1n) is 11.7. The van der Waals surface area contributed by atoms with Gasteiger partial charge in [0.05, 0.1) is 5.92 Å². The molecule has 32 heavy (non-hydrogen) atoms. The van der Waals surface area contributed by atoms with Gasteiger partial charge in [-0.05, 0) is 63.1 Å². The molecule has 1 fully saturated rings. The maximum Gasteiger partial charge on any atom is 0.228 e. The number of nitrogens with one attached hydrogen (secondary N) is 1. The monoisotopic (exact) mass is 425 g/mol. The Balaban J connectivity index is 1.32. The van der Waals surface area contributed by atoms with Crippen LogP contribution in [-0.2, 0) is 17.9 Å². The molecule has 4 heteroatoms. The van der Waals surface area contributed by atoms with E-state index in [1.165, 1.54) is 32.9 Å². The van der Waals surface area contributed by atoms with Gasteiger partial charge in [0, 0.05) is 47.1 Å². The molecule has 1 N–H and O–H groups in total. The van der Waals surface area contributed by atoms with Crippen molar-refractivity contribution in [2.45, 2.75) is 39.8 Å². The van der Waals surface area contributed by atoms with Gasteiger partial charge in [0.15, 0.2) is 0 Å². The van der Waals surface area contributed by atoms with Crippen LogP contribution in [-0.4, -0.2) is 28.5 Å². The Labute approximate surface area is 189 Å². The van der Waals surface area contributed by atoms with E-state index in [1.54, 1.807) is 0 Å². The quantitative estimate of drug-likeness (QED) is 0.427. The number of nitrogens with zero attached hydrogens (tertiary/aromatic N) is 2. The van der Waals surface area contributed by atoms with Crippen LogP contribution in [0.15, 0.2) is 66.7 Å². The molecule has 4 nitrogen and oxygen atoms in total. The minimum Gasteiger partial charge on any atom is -0.341 e. The zero-order chi connectivity index (χ0) is 22.1. The first-order valence-corrected chi connectivity index (χ1v) is 11.7. The smallest absolute Gasteiger partial charge is 0.228 e. The summed E-state index contributed by atoms with van der Waals surface area (Å²) in [5, 5.41) is 5.65. The Morgan fingerprint density at radius 1 is 1.00 bits per heavy atom. The lowest BCUT2D eigenvalue weighted by Crippen LogP contribution is -2.40. The van der Waals surface area contributed by atoms with Crippen LogP contribution in [0.2, 0.25) is 0 Å². The zero-order valence-electron chi connectivity index (χ0n) is 19.0. The van der Waals surface area contributed by atoms with Crippen LogP contribution in [0.5, 0.6) is 0 Å². The van der Waals surface area contributed by atoms with Gasteiger partial charge in [-0.15, -0.1) is 0 Å². The number of piperidine rings is 1. The average Bonchev–Trinajstić information content (AvgIpc) is 3.14. The van der Waals surface area contributed by atoms with Crippen molar-refractivity contribution in [3.8, 4) is 0 Å². The van der Waals surface area contributed by atoms with Crippen LogP contribution >= 0.6 is 0 Å². The molecule has 2 heterocycles. The summed E-state index contributed by atoms with van der Waals surface area (Å²) in [4.78, 5) is 15.5. The fourth-order valence-electron chi connectivity index (χ4n) is 5.08. The van der Waals surface area contributed by atoms with Crippen molar-refractivity contribution in [3.05, 3.63) is 77.9 Å². The molecular weight excluding hydrogens is 394 g/mol. The van der Waals surface area contributed by atoms with E-state index in [2.05, 4.69) is 89.3 Å². The van der Waals surface area contributed by atoms with Crippen LogP contribution in [0.25, 0.3) is 21.8 Å². The number of aryl methyl sites for hydroxylation is 2. The Bertz CT molecular complexity index is 1260. The highest BCUT2D eigenvalue weighted by Gasteiger charge is 2.26. The van der Waals surface area contributed by atoms with Crippen molar-refractivity contribution in [2.24, 2.45) is 5.92 Å². The van der Waals surface area contributed by atoms with Crippen molar-refractivity contribution in [1.29, 1.82) is 0 Å². The molecule has 164 valence electrons. The SMILES string of the molecule is CCn1c2ccccc2c2cc(NC(=O)C3CCCN(Cc4ccc(C)cc4)C3)ccc21. The number of likely N-dealkylation sites (tertiary alicyclic amines) is 1. The van der Waals surface area contributed by atoms with Crippen LogP contribution in [0.1, 0.15) is 30.9 Å². The van der Waals surface area contributed by atoms with Crippen LogP contribution < -0.4 is 5.32 Å². The lowest BCUT2D eigenvalue weighted by Gasteiger charge is -2.32. The fraction of sp³-hybridized carbons (Fsp3) is 0.321. The molecule has 5 rings (SSSR count). The first kappa shape index (κ1) is 20.8. The molecule has 0 radical (unpaired) electrons. The summed E-state index contributed by atoms with van der Waals surface area (Å²) in [5.41, 5.74) is 5.94. The van der Waals surface area contributed by atoms with Gasteiger partial charge in [-0.1, -0.05) is 48.0 Å². The van der Waals surface area contributed by atoms with Crippen LogP contribution in [0.4, 0.5) is 5.69 Å². The number of hydrogen-bond donors (Lipinski definition) is 1. The third-order valence-corrected chi connectivity index (χ3v) is 6.76. The third-order valence-electron chi connectivity index (χ3n) is 6.76. The summed E-state index contributed by atoms with van der Waals surface area (Å²) in [7, 11) is 0. The summed E-state index contributed by atoms with van der Waals surface area (Å²) in [5.74, 6) is 0.166. The second kappa shape index (κ2) is 8.79. The number of para-hydroxylation sites is 1. The van der Waals surface area contributed by atoms with Gasteiger partial charge < -0.3 is 9.88 Å². The summed E-state index contributed by atoms with van der Waals surface area (Å²) in [6.45, 7) is 7.99. The largest absolute Gasteiger partial charge is 0.341 e. The molecule has 1 aromatic heterocycles. The standard InChI is InChI=1S/C28H31N3O/c1-3-31-26-9-5-4-8-24(26)25-17-23(14-15-27(25)31)29-28(32)22-7-6-16-30(19-22)18-21-12-10-20(2)11-13-21/h4-5,8-15,17,22H,3,6-7,16,18-19H2,1-2H3,(H,29,32). The van der Waals surface area contributed by atoms with Crippen molar-refractivity contribution in [2.75, 3.05) is 18.4 Å². The number of amides is 1. The van der Waals surface area contributed by atoms with E-state index in [4.69, 9.17) is 0 Å². The predicted octanol–water partition coefficient (Wildman–Crippen LogP) is 5.97. The summed E-state index contributed by atoms with van der Waals surface area (Å²) < 4.78 is 2.33. The summed E-state index contributed by atoms with van der Waals surface area (Å²) in [6, 6.07) is 23.5. The Kier molecular flexibility index (Phi) is 5.71. The first-order chi connectivity index (χ1) is 15.6. The molecule has 1 aliphatic rings. The maximum absolute atomic E-state index is 13.1. The molecule has 4 aromatic rings. The van der Waals surface area contributed by atoms with E-state index < -0.39 is 0 Å². The molecule has 1 saturated heterocycles. The fourth-order valence-corrected chi connectivity index (χ4v) is 5.08. The second-order valence-electron chi connectivity index (χ2n) is 9.04. The minimum absolute atomic E-state index is 0.0295. The number of anilines is 1. The highest BCUT2D eigenvalue weighted by atomic mass is 16.1. The van der Waals surface area contributed by atoms with Crippen molar-refractivity contribution < 1.29 is 4.79 Å². The number of rotatable bonds is 5. The van der Waals surface area contributed by atoms with E-state index in [0.29, 0.717) is 0 Å². The van der Waals surface area contributed by atoms with Gasteiger partial charge in [0.25, 0.3) is 0 Å². The number of carbonyl (C=O) groups excluding carboxylic acids is 1. The number of fused-ring (bicyclic) bond motifs is 3. The predicted molar refractivity (Wildman–Crippen MR) is 133 cm³/mol. The number of carbonyl (C=O) groups is 1. The Morgan fingerprint density at radius 2 is 1.78 bits per heavy atom. The van der Waals surface area contributed by atoms with E-state index >= 15 is 0 Å². The molecule has 0 saturated carbocycles. The molecule has 0 aliphatic carbocycles. The van der Waals surface area contributed by atoms with Gasteiger partial charge in [-0.3, -0.25) is 9.69 Å². The highest BCUT2D eigenvalue weighted by Crippen LogP contribution is 2.31. The molecule has 3 aromatic carbocycles. The maximum atomic E-state index is 13.1. The van der Waals surface area contributed by atoms with Gasteiger partial charge in [-0.25, -0.2) is 0 Å². The molecule has 1 unspecified atom stereocenters. The van der Waals surface area contributed by atoms with Gasteiger partial charge in [-0.2, -0.15) is 0 Å². The van der Waals surface area contributed by atoms with Crippen molar-refractivity contribution in [1.82, 2.24) is 9.47 Å². The molecule has 0 bridgehead atoms. The molecular formula is C28H31N3O. The number of benzene rings is 3. The van der Waals surface area contributed by atoms with Crippen LogP contribution in [0.3, 0.4) is 0 Å². The Morgan fingerprint density at radius 3 is 2.59 bits per heavy atom. The molecule has 1 atom stereocenters. The lowest BCUT2D eigenvalue weighted by molar-refractivity contribution is -0.121.